The lowest BCUT2D eigenvalue weighted by molar-refractivity contribution is -0.146. The van der Waals surface area contributed by atoms with E-state index in [1.165, 1.54) is 11.3 Å². The molecule has 0 aliphatic carbocycles. The molecule has 0 aliphatic heterocycles. The number of amides is 1. The Bertz CT molecular complexity index is 416. The predicted molar refractivity (Wildman–Crippen MR) is 57.6 cm³/mol. The smallest absolute Gasteiger partial charge is 0.334 e. The third kappa shape index (κ3) is 3.01. The minimum atomic E-state index is -1.58. The quantitative estimate of drug-likeness (QED) is 0.688. The summed E-state index contributed by atoms with van der Waals surface area (Å²) >= 11 is 1.23. The lowest BCUT2D eigenvalue weighted by atomic mass is 10.3. The van der Waals surface area contributed by atoms with Crippen molar-refractivity contribution in [2.24, 2.45) is 0 Å². The number of aliphatic hydroxyl groups excluding tert-OH is 1. The van der Waals surface area contributed by atoms with Crippen LogP contribution in [-0.4, -0.2) is 39.7 Å². The molecule has 0 saturated carbocycles. The van der Waals surface area contributed by atoms with E-state index < -0.39 is 18.0 Å². The van der Waals surface area contributed by atoms with Crippen LogP contribution in [0.4, 0.5) is 0 Å². The number of rotatable bonds is 4. The van der Waals surface area contributed by atoms with Crippen LogP contribution in [-0.2, 0) is 4.79 Å². The molecular formula is C9H12N2O4S. The van der Waals surface area contributed by atoms with Crippen LogP contribution in [0.2, 0.25) is 0 Å². The largest absolute Gasteiger partial charge is 0.479 e. The summed E-state index contributed by atoms with van der Waals surface area (Å²) in [7, 11) is 0. The second-order valence-corrected chi connectivity index (χ2v) is 4.41. The molecule has 0 aromatic carbocycles. The van der Waals surface area contributed by atoms with Gasteiger partial charge in [0.05, 0.1) is 17.2 Å². The van der Waals surface area contributed by atoms with Gasteiger partial charge in [0, 0.05) is 0 Å². The van der Waals surface area contributed by atoms with E-state index in [-0.39, 0.29) is 6.54 Å². The Hall–Kier alpha value is -1.47. The van der Waals surface area contributed by atoms with Gasteiger partial charge in [-0.1, -0.05) is 0 Å². The third-order valence-electron chi connectivity index (χ3n) is 1.85. The maximum absolute atomic E-state index is 11.6. The number of aliphatic carboxylic acids is 1. The molecule has 1 aromatic heterocycles. The van der Waals surface area contributed by atoms with Gasteiger partial charge in [-0.25, -0.2) is 9.78 Å². The Balaban J connectivity index is 2.60. The molecule has 1 aromatic rings. The van der Waals surface area contributed by atoms with E-state index in [2.05, 4.69) is 10.3 Å². The van der Waals surface area contributed by atoms with E-state index in [4.69, 9.17) is 10.2 Å². The van der Waals surface area contributed by atoms with E-state index in [1.54, 1.807) is 13.8 Å². The van der Waals surface area contributed by atoms with Crippen molar-refractivity contribution in [2.75, 3.05) is 6.54 Å². The van der Waals surface area contributed by atoms with Crippen LogP contribution < -0.4 is 5.32 Å². The summed E-state index contributed by atoms with van der Waals surface area (Å²) in [6.45, 7) is 3.16. The number of nitrogens with zero attached hydrogens (tertiary/aromatic N) is 1. The van der Waals surface area contributed by atoms with Crippen molar-refractivity contribution in [3.63, 3.8) is 0 Å². The number of aromatic nitrogens is 1. The zero-order valence-corrected chi connectivity index (χ0v) is 9.67. The second kappa shape index (κ2) is 5.04. The summed E-state index contributed by atoms with van der Waals surface area (Å²) < 4.78 is 0. The van der Waals surface area contributed by atoms with Crippen molar-refractivity contribution < 1.29 is 19.8 Å². The van der Waals surface area contributed by atoms with Gasteiger partial charge >= 0.3 is 5.97 Å². The van der Waals surface area contributed by atoms with Crippen LogP contribution in [0.5, 0.6) is 0 Å². The molecule has 1 heterocycles. The fourth-order valence-electron chi connectivity index (χ4n) is 1.10. The van der Waals surface area contributed by atoms with Gasteiger partial charge in [0.2, 0.25) is 0 Å². The summed E-state index contributed by atoms with van der Waals surface area (Å²) in [6.07, 6.45) is -1.58. The average Bonchev–Trinajstić information content (AvgIpc) is 2.53. The summed E-state index contributed by atoms with van der Waals surface area (Å²) in [4.78, 5) is 26.4. The molecule has 3 N–H and O–H groups in total. The van der Waals surface area contributed by atoms with Gasteiger partial charge in [-0.2, -0.15) is 0 Å². The number of aliphatic hydroxyl groups is 1. The molecule has 1 amide bonds. The normalized spacial score (nSPS) is 12.2. The predicted octanol–water partition coefficient (Wildman–Crippen LogP) is -0.0648. The zero-order chi connectivity index (χ0) is 12.3. The summed E-state index contributed by atoms with van der Waals surface area (Å²) in [5, 5.41) is 20.5. The number of carboxylic acid groups (broad SMARTS) is 1. The van der Waals surface area contributed by atoms with Gasteiger partial charge in [-0.3, -0.25) is 4.79 Å². The monoisotopic (exact) mass is 244 g/mol. The highest BCUT2D eigenvalue weighted by atomic mass is 32.1. The number of hydrogen-bond donors (Lipinski definition) is 3. The fourth-order valence-corrected chi connectivity index (χ4v) is 1.94. The SMILES string of the molecule is Cc1nc(C)c(C(=O)NC[C@H](O)C(=O)O)s1. The number of thiazole rings is 1. The molecule has 0 unspecified atom stereocenters. The molecular weight excluding hydrogens is 232 g/mol. The van der Waals surface area contributed by atoms with Gasteiger partial charge in [0.1, 0.15) is 4.88 Å². The van der Waals surface area contributed by atoms with E-state index in [9.17, 15) is 9.59 Å². The summed E-state index contributed by atoms with van der Waals surface area (Å²) in [6, 6.07) is 0. The second-order valence-electron chi connectivity index (χ2n) is 3.21. The van der Waals surface area contributed by atoms with Crippen molar-refractivity contribution >= 4 is 23.2 Å². The van der Waals surface area contributed by atoms with Gasteiger partial charge in [0.15, 0.2) is 6.10 Å². The van der Waals surface area contributed by atoms with Gasteiger partial charge in [-0.15, -0.1) is 11.3 Å². The lowest BCUT2D eigenvalue weighted by Crippen LogP contribution is -2.36. The number of nitrogens with one attached hydrogen (secondary N) is 1. The van der Waals surface area contributed by atoms with Gasteiger partial charge in [-0.05, 0) is 13.8 Å². The van der Waals surface area contributed by atoms with Crippen LogP contribution in [0.25, 0.3) is 0 Å². The number of aryl methyl sites for hydroxylation is 2. The van der Waals surface area contributed by atoms with Crippen LogP contribution in [0.15, 0.2) is 0 Å². The topological polar surface area (TPSA) is 99.5 Å². The molecule has 1 rings (SSSR count). The number of carboxylic acids is 1. The van der Waals surface area contributed by atoms with Crippen LogP contribution in [0.3, 0.4) is 0 Å². The Labute approximate surface area is 95.9 Å². The maximum Gasteiger partial charge on any atom is 0.334 e. The average molecular weight is 244 g/mol. The van der Waals surface area contributed by atoms with Gasteiger partial charge < -0.3 is 15.5 Å². The first-order valence-corrected chi connectivity index (χ1v) is 5.36. The van der Waals surface area contributed by atoms with Crippen molar-refractivity contribution in [3.05, 3.63) is 15.6 Å². The van der Waals surface area contributed by atoms with E-state index in [1.807, 2.05) is 0 Å². The zero-order valence-electron chi connectivity index (χ0n) is 8.85. The Morgan fingerprint density at radius 1 is 1.50 bits per heavy atom. The minimum Gasteiger partial charge on any atom is -0.479 e. The van der Waals surface area contributed by atoms with Crippen molar-refractivity contribution in [1.82, 2.24) is 10.3 Å². The number of carbonyl (C=O) groups is 2. The first kappa shape index (κ1) is 12.6. The standard InChI is InChI=1S/C9H12N2O4S/c1-4-7(16-5(2)11-4)8(13)10-3-6(12)9(14)15/h6,12H,3H2,1-2H3,(H,10,13)(H,14,15)/t6-/m0/s1. The molecule has 0 radical (unpaired) electrons. The molecule has 6 nitrogen and oxygen atoms in total. The molecule has 0 bridgehead atoms. The van der Waals surface area contributed by atoms with Crippen LogP contribution >= 0.6 is 11.3 Å². The molecule has 7 heteroatoms. The first-order valence-electron chi connectivity index (χ1n) is 4.55. The number of carbonyl (C=O) groups excluding carboxylic acids is 1. The lowest BCUT2D eigenvalue weighted by Gasteiger charge is -2.06. The molecule has 0 saturated heterocycles. The molecule has 88 valence electrons. The Morgan fingerprint density at radius 2 is 2.12 bits per heavy atom. The van der Waals surface area contributed by atoms with E-state index in [0.717, 1.165) is 5.01 Å². The fraction of sp³-hybridized carbons (Fsp3) is 0.444. The highest BCUT2D eigenvalue weighted by molar-refractivity contribution is 7.13. The summed E-state index contributed by atoms with van der Waals surface area (Å²) in [5.74, 6) is -1.78. The van der Waals surface area contributed by atoms with Crippen LogP contribution in [0.1, 0.15) is 20.4 Å². The van der Waals surface area contributed by atoms with Crippen molar-refractivity contribution in [3.8, 4) is 0 Å². The Morgan fingerprint density at radius 3 is 2.56 bits per heavy atom. The molecule has 1 atom stereocenters. The molecule has 0 aliphatic rings. The van der Waals surface area contributed by atoms with E-state index >= 15 is 0 Å². The van der Waals surface area contributed by atoms with Crippen molar-refractivity contribution in [1.29, 1.82) is 0 Å². The first-order chi connectivity index (χ1) is 7.41. The highest BCUT2D eigenvalue weighted by Crippen LogP contribution is 2.16. The molecule has 16 heavy (non-hydrogen) atoms. The number of hydrogen-bond acceptors (Lipinski definition) is 5. The highest BCUT2D eigenvalue weighted by Gasteiger charge is 2.17. The van der Waals surface area contributed by atoms with Crippen LogP contribution in [0, 0.1) is 13.8 Å². The van der Waals surface area contributed by atoms with Crippen molar-refractivity contribution in [2.45, 2.75) is 20.0 Å². The minimum absolute atomic E-state index is 0.315. The third-order valence-corrected chi connectivity index (χ3v) is 2.92. The maximum atomic E-state index is 11.6. The summed E-state index contributed by atoms with van der Waals surface area (Å²) in [5.41, 5.74) is 0.602. The molecule has 0 spiro atoms. The molecule has 0 fully saturated rings. The Kier molecular flexibility index (Phi) is 3.97. The van der Waals surface area contributed by atoms with E-state index in [0.29, 0.717) is 10.6 Å². The van der Waals surface area contributed by atoms with Gasteiger partial charge in [0.25, 0.3) is 5.91 Å².